The minimum absolute atomic E-state index is 0.237. The Kier molecular flexibility index (Phi) is 3.15. The van der Waals surface area contributed by atoms with Gasteiger partial charge in [0.2, 0.25) is 0 Å². The highest BCUT2D eigenvalue weighted by Gasteiger charge is 2.18. The van der Waals surface area contributed by atoms with Crippen molar-refractivity contribution in [1.29, 1.82) is 0 Å². The van der Waals surface area contributed by atoms with E-state index in [0.29, 0.717) is 15.7 Å². The Bertz CT molecular complexity index is 786. The number of hydrogen-bond donors (Lipinski definition) is 2. The molecule has 0 aliphatic rings. The van der Waals surface area contributed by atoms with E-state index in [1.807, 2.05) is 19.9 Å². The quantitative estimate of drug-likeness (QED) is 0.762. The predicted molar refractivity (Wildman–Crippen MR) is 83.6 cm³/mol. The van der Waals surface area contributed by atoms with Gasteiger partial charge in [-0.05, 0) is 26.0 Å². The fraction of sp³-hybridized carbons (Fsp3) is 0.154. The van der Waals surface area contributed by atoms with E-state index in [9.17, 15) is 4.79 Å². The molecule has 102 valence electrons. The number of aryl methyl sites for hydroxylation is 2. The molecule has 3 heterocycles. The normalized spacial score (nSPS) is 10.9. The number of nitrogens with one attached hydrogen (secondary N) is 1. The van der Waals surface area contributed by atoms with Crippen LogP contribution in [0.5, 0.6) is 0 Å². The van der Waals surface area contributed by atoms with Crippen molar-refractivity contribution >= 4 is 49.6 Å². The summed E-state index contributed by atoms with van der Waals surface area (Å²) < 4.78 is 0. The number of nitrogens with two attached hydrogens (primary N) is 1. The molecule has 3 aromatic heterocycles. The van der Waals surface area contributed by atoms with Crippen molar-refractivity contribution in [2.75, 3.05) is 11.1 Å². The monoisotopic (exact) mass is 304 g/mol. The van der Waals surface area contributed by atoms with Gasteiger partial charge in [0, 0.05) is 16.5 Å². The van der Waals surface area contributed by atoms with Crippen molar-refractivity contribution in [2.45, 2.75) is 13.8 Å². The van der Waals surface area contributed by atoms with E-state index >= 15 is 0 Å². The van der Waals surface area contributed by atoms with Crippen molar-refractivity contribution in [1.82, 2.24) is 9.97 Å². The van der Waals surface area contributed by atoms with Crippen LogP contribution in [0.1, 0.15) is 20.2 Å². The molecule has 0 spiro atoms. The molecule has 0 radical (unpaired) electrons. The first-order valence-electron chi connectivity index (χ1n) is 5.94. The predicted octanol–water partition coefficient (Wildman–Crippen LogP) is 3.20. The number of nitrogen functional groups attached to an aromatic ring is 1. The Morgan fingerprint density at radius 3 is 2.80 bits per heavy atom. The van der Waals surface area contributed by atoms with E-state index in [4.69, 9.17) is 5.73 Å². The number of hydrogen-bond acceptors (Lipinski definition) is 6. The van der Waals surface area contributed by atoms with Crippen LogP contribution < -0.4 is 11.1 Å². The lowest BCUT2D eigenvalue weighted by Gasteiger charge is -1.99. The molecule has 5 nitrogen and oxygen atoms in total. The van der Waals surface area contributed by atoms with E-state index in [0.717, 1.165) is 20.8 Å². The van der Waals surface area contributed by atoms with E-state index in [-0.39, 0.29) is 5.91 Å². The van der Waals surface area contributed by atoms with Gasteiger partial charge in [0.25, 0.3) is 5.91 Å². The number of carbonyl (C=O) groups excluding carboxylic acids is 1. The number of thiophene rings is 1. The van der Waals surface area contributed by atoms with Gasteiger partial charge in [-0.15, -0.1) is 22.7 Å². The molecule has 0 aromatic carbocycles. The third-order valence-corrected chi connectivity index (χ3v) is 5.08. The van der Waals surface area contributed by atoms with Gasteiger partial charge < -0.3 is 5.73 Å². The minimum atomic E-state index is -0.237. The van der Waals surface area contributed by atoms with Gasteiger partial charge in [-0.3, -0.25) is 10.1 Å². The average Bonchev–Trinajstić information content (AvgIpc) is 2.91. The van der Waals surface area contributed by atoms with Crippen LogP contribution in [0, 0.1) is 13.8 Å². The summed E-state index contributed by atoms with van der Waals surface area (Å²) in [5.41, 5.74) is 7.42. The van der Waals surface area contributed by atoms with Gasteiger partial charge in [-0.1, -0.05) is 0 Å². The summed E-state index contributed by atoms with van der Waals surface area (Å²) in [6.07, 6.45) is 1.69. The number of fused-ring (bicyclic) bond motifs is 1. The SMILES string of the molecule is Cc1nc(NC(=O)c2sc3ncccc3c2N)sc1C. The lowest BCUT2D eigenvalue weighted by atomic mass is 10.2. The maximum atomic E-state index is 12.3. The van der Waals surface area contributed by atoms with Crippen molar-refractivity contribution in [3.63, 3.8) is 0 Å². The van der Waals surface area contributed by atoms with Gasteiger partial charge >= 0.3 is 0 Å². The van der Waals surface area contributed by atoms with E-state index in [1.54, 1.807) is 12.3 Å². The molecule has 0 unspecified atom stereocenters. The molecular weight excluding hydrogens is 292 g/mol. The van der Waals surface area contributed by atoms with Crippen molar-refractivity contribution in [2.24, 2.45) is 0 Å². The lowest BCUT2D eigenvalue weighted by Crippen LogP contribution is -2.11. The molecule has 0 atom stereocenters. The summed E-state index contributed by atoms with van der Waals surface area (Å²) >= 11 is 2.75. The Balaban J connectivity index is 1.94. The minimum Gasteiger partial charge on any atom is -0.397 e. The van der Waals surface area contributed by atoms with Crippen LogP contribution in [-0.4, -0.2) is 15.9 Å². The number of carbonyl (C=O) groups is 1. The van der Waals surface area contributed by atoms with Crippen LogP contribution in [0.2, 0.25) is 0 Å². The third-order valence-electron chi connectivity index (χ3n) is 2.96. The number of nitrogens with zero attached hydrogens (tertiary/aromatic N) is 2. The van der Waals surface area contributed by atoms with Crippen molar-refractivity contribution in [3.8, 4) is 0 Å². The summed E-state index contributed by atoms with van der Waals surface area (Å²) in [5, 5.41) is 4.20. The lowest BCUT2D eigenvalue weighted by molar-refractivity contribution is 0.103. The molecule has 20 heavy (non-hydrogen) atoms. The molecule has 0 saturated heterocycles. The molecule has 0 saturated carbocycles. The molecule has 0 fully saturated rings. The first-order valence-corrected chi connectivity index (χ1v) is 7.58. The fourth-order valence-electron chi connectivity index (χ4n) is 1.80. The summed E-state index contributed by atoms with van der Waals surface area (Å²) in [7, 11) is 0. The van der Waals surface area contributed by atoms with E-state index < -0.39 is 0 Å². The first kappa shape index (κ1) is 13.0. The highest BCUT2D eigenvalue weighted by atomic mass is 32.1. The highest BCUT2D eigenvalue weighted by Crippen LogP contribution is 2.32. The maximum absolute atomic E-state index is 12.3. The number of rotatable bonds is 2. The second-order valence-corrected chi connectivity index (χ2v) is 6.52. The van der Waals surface area contributed by atoms with Crippen LogP contribution in [0.4, 0.5) is 10.8 Å². The molecule has 0 bridgehead atoms. The second-order valence-electron chi connectivity index (χ2n) is 4.32. The molecule has 7 heteroatoms. The Labute approximate surface area is 123 Å². The van der Waals surface area contributed by atoms with Crippen molar-refractivity contribution in [3.05, 3.63) is 33.8 Å². The molecule has 3 rings (SSSR count). The second kappa shape index (κ2) is 4.84. The summed E-state index contributed by atoms with van der Waals surface area (Å²) in [5.74, 6) is -0.237. The number of aromatic nitrogens is 2. The van der Waals surface area contributed by atoms with Gasteiger partial charge in [0.15, 0.2) is 5.13 Å². The topological polar surface area (TPSA) is 80.9 Å². The zero-order chi connectivity index (χ0) is 14.3. The summed E-state index contributed by atoms with van der Waals surface area (Å²) in [6.45, 7) is 3.89. The Morgan fingerprint density at radius 2 is 2.15 bits per heavy atom. The summed E-state index contributed by atoms with van der Waals surface area (Å²) in [4.78, 5) is 23.1. The van der Waals surface area contributed by atoms with Crippen LogP contribution in [-0.2, 0) is 0 Å². The van der Waals surface area contributed by atoms with E-state index in [2.05, 4.69) is 15.3 Å². The molecule has 3 aromatic rings. The number of thiazole rings is 1. The molecule has 3 N–H and O–H groups in total. The number of pyridine rings is 1. The first-order chi connectivity index (χ1) is 9.56. The number of anilines is 2. The van der Waals surface area contributed by atoms with Gasteiger partial charge in [0.1, 0.15) is 9.71 Å². The van der Waals surface area contributed by atoms with Crippen molar-refractivity contribution < 1.29 is 4.79 Å². The van der Waals surface area contributed by atoms with E-state index in [1.165, 1.54) is 22.7 Å². The zero-order valence-electron chi connectivity index (χ0n) is 10.9. The smallest absolute Gasteiger partial charge is 0.269 e. The van der Waals surface area contributed by atoms with Gasteiger partial charge in [-0.2, -0.15) is 0 Å². The van der Waals surface area contributed by atoms with Crippen LogP contribution in [0.25, 0.3) is 10.2 Å². The van der Waals surface area contributed by atoms with Crippen LogP contribution in [0.3, 0.4) is 0 Å². The van der Waals surface area contributed by atoms with Gasteiger partial charge in [0.05, 0.1) is 11.4 Å². The zero-order valence-corrected chi connectivity index (χ0v) is 12.6. The van der Waals surface area contributed by atoms with Crippen LogP contribution >= 0.6 is 22.7 Å². The Morgan fingerprint density at radius 1 is 1.35 bits per heavy atom. The molecule has 0 aliphatic carbocycles. The molecular formula is C13H12N4OS2. The molecule has 1 amide bonds. The third kappa shape index (κ3) is 2.14. The summed E-state index contributed by atoms with van der Waals surface area (Å²) in [6, 6.07) is 3.67. The molecule has 0 aliphatic heterocycles. The maximum Gasteiger partial charge on any atom is 0.269 e. The number of amides is 1. The largest absolute Gasteiger partial charge is 0.397 e. The fourth-order valence-corrected chi connectivity index (χ4v) is 3.57. The van der Waals surface area contributed by atoms with Crippen LogP contribution in [0.15, 0.2) is 18.3 Å². The Hall–Kier alpha value is -1.99. The average molecular weight is 304 g/mol. The standard InChI is InChI=1S/C13H12N4OS2/c1-6-7(2)19-13(16-6)17-11(18)10-9(14)8-4-3-5-15-12(8)20-10/h3-5H,14H2,1-2H3,(H,16,17,18). The van der Waals surface area contributed by atoms with Gasteiger partial charge in [-0.25, -0.2) is 9.97 Å². The highest BCUT2D eigenvalue weighted by molar-refractivity contribution is 7.21.